The molecule has 1 atom stereocenters. The molecule has 0 aliphatic carbocycles. The molecule has 0 bridgehead atoms. The molecule has 1 aliphatic heterocycles. The minimum Gasteiger partial charge on any atom is -0.382 e. The van der Waals surface area contributed by atoms with E-state index in [1.165, 1.54) is 36.6 Å². The molecule has 1 aliphatic rings. The summed E-state index contributed by atoms with van der Waals surface area (Å²) in [6.45, 7) is -0.0881. The van der Waals surface area contributed by atoms with Gasteiger partial charge in [-0.25, -0.2) is 19.3 Å². The highest BCUT2D eigenvalue weighted by Gasteiger charge is 2.36. The van der Waals surface area contributed by atoms with E-state index in [0.29, 0.717) is 16.6 Å². The van der Waals surface area contributed by atoms with Gasteiger partial charge < -0.3 is 15.4 Å². The molecule has 4 aromatic rings. The first kappa shape index (κ1) is 21.1. The van der Waals surface area contributed by atoms with E-state index >= 15 is 0 Å². The lowest BCUT2D eigenvalue weighted by molar-refractivity contribution is -0.141. The molecule has 0 fully saturated rings. The molecular formula is C21H16F4N6O2. The zero-order valence-corrected chi connectivity index (χ0v) is 17.1. The standard InChI is InChI=1S/C21H16F4N6O2/c1-30(17-8-33-7-14-10(17)2-3-18(28-14)21(23,24)25)20(32)11-4-15-13(5-12(11)22)29-19(26)16-6-27-9-31(15)16/h2-6,9,17H,7-8H2,1H3,(H2,26,29). The molecule has 0 spiro atoms. The summed E-state index contributed by atoms with van der Waals surface area (Å²) >= 11 is 0. The van der Waals surface area contributed by atoms with Gasteiger partial charge in [-0.2, -0.15) is 13.2 Å². The maximum absolute atomic E-state index is 14.9. The number of benzene rings is 1. The number of hydrogen-bond acceptors (Lipinski definition) is 6. The Balaban J connectivity index is 1.54. The van der Waals surface area contributed by atoms with E-state index in [-0.39, 0.29) is 35.8 Å². The van der Waals surface area contributed by atoms with Crippen molar-refractivity contribution in [1.29, 1.82) is 0 Å². The third kappa shape index (κ3) is 3.42. The van der Waals surface area contributed by atoms with Gasteiger partial charge in [-0.1, -0.05) is 6.07 Å². The zero-order chi connectivity index (χ0) is 23.5. The minimum atomic E-state index is -4.60. The number of carbonyl (C=O) groups excluding carboxylic acids is 1. The number of pyridine rings is 1. The van der Waals surface area contributed by atoms with Crippen LogP contribution in [0.2, 0.25) is 0 Å². The lowest BCUT2D eigenvalue weighted by atomic mass is 10.0. The zero-order valence-electron chi connectivity index (χ0n) is 17.1. The predicted octanol–water partition coefficient (Wildman–Crippen LogP) is 3.36. The van der Waals surface area contributed by atoms with Crippen LogP contribution in [0.15, 0.2) is 36.8 Å². The molecule has 0 saturated heterocycles. The number of fused-ring (bicyclic) bond motifs is 4. The van der Waals surface area contributed by atoms with E-state index in [2.05, 4.69) is 15.0 Å². The highest BCUT2D eigenvalue weighted by molar-refractivity contribution is 5.98. The maximum Gasteiger partial charge on any atom is 0.433 e. The van der Waals surface area contributed by atoms with Crippen molar-refractivity contribution in [2.75, 3.05) is 19.4 Å². The fourth-order valence-corrected chi connectivity index (χ4v) is 3.96. The van der Waals surface area contributed by atoms with Crippen LogP contribution >= 0.6 is 0 Å². The first-order valence-electron chi connectivity index (χ1n) is 9.78. The lowest BCUT2D eigenvalue weighted by Gasteiger charge is -2.33. The number of imidazole rings is 1. The molecule has 2 N–H and O–H groups in total. The Morgan fingerprint density at radius 3 is 2.79 bits per heavy atom. The summed E-state index contributed by atoms with van der Waals surface area (Å²) in [5, 5.41) is 0. The third-order valence-corrected chi connectivity index (χ3v) is 5.66. The molecule has 0 radical (unpaired) electrons. The summed E-state index contributed by atoms with van der Waals surface area (Å²) in [5.74, 6) is -1.33. The van der Waals surface area contributed by atoms with Gasteiger partial charge in [-0.3, -0.25) is 9.20 Å². The van der Waals surface area contributed by atoms with E-state index < -0.39 is 29.6 Å². The highest BCUT2D eigenvalue weighted by Crippen LogP contribution is 2.34. The smallest absolute Gasteiger partial charge is 0.382 e. The van der Waals surface area contributed by atoms with Gasteiger partial charge in [-0.05, 0) is 12.1 Å². The first-order valence-corrected chi connectivity index (χ1v) is 9.78. The molecule has 12 heteroatoms. The molecule has 1 amide bonds. The van der Waals surface area contributed by atoms with E-state index in [1.807, 2.05) is 0 Å². The second kappa shape index (κ2) is 7.37. The van der Waals surface area contributed by atoms with Gasteiger partial charge >= 0.3 is 6.18 Å². The number of ether oxygens (including phenoxy) is 1. The van der Waals surface area contributed by atoms with E-state index in [4.69, 9.17) is 10.5 Å². The van der Waals surface area contributed by atoms with Crippen LogP contribution in [0.5, 0.6) is 0 Å². The Morgan fingerprint density at radius 1 is 1.24 bits per heavy atom. The predicted molar refractivity (Wildman–Crippen MR) is 109 cm³/mol. The molecule has 4 heterocycles. The van der Waals surface area contributed by atoms with Crippen LogP contribution in [0.3, 0.4) is 0 Å². The molecule has 8 nitrogen and oxygen atoms in total. The van der Waals surface area contributed by atoms with Gasteiger partial charge in [0, 0.05) is 18.7 Å². The van der Waals surface area contributed by atoms with Crippen molar-refractivity contribution in [1.82, 2.24) is 24.3 Å². The van der Waals surface area contributed by atoms with E-state index in [0.717, 1.165) is 12.1 Å². The fourth-order valence-electron chi connectivity index (χ4n) is 3.96. The molecule has 1 unspecified atom stereocenters. The SMILES string of the molecule is CN(C(=O)c1cc2c(cc1F)nc(N)c1cncn12)C1COCc2nc(C(F)(F)F)ccc21. The Labute approximate surface area is 183 Å². The Kier molecular flexibility index (Phi) is 4.71. The number of alkyl halides is 3. The van der Waals surface area contributed by atoms with Gasteiger partial charge in [0.1, 0.15) is 22.8 Å². The van der Waals surface area contributed by atoms with Crippen LogP contribution in [-0.2, 0) is 17.5 Å². The molecule has 5 rings (SSSR count). The number of nitrogen functional groups attached to an aromatic ring is 1. The summed E-state index contributed by atoms with van der Waals surface area (Å²) in [5.41, 5.74) is 6.26. The summed E-state index contributed by atoms with van der Waals surface area (Å²) in [7, 11) is 1.43. The Hall–Kier alpha value is -3.80. The average Bonchev–Trinajstić information content (AvgIpc) is 3.27. The van der Waals surface area contributed by atoms with Gasteiger partial charge in [0.15, 0.2) is 0 Å². The molecular weight excluding hydrogens is 444 g/mol. The topological polar surface area (TPSA) is 98.6 Å². The van der Waals surface area contributed by atoms with E-state index in [1.54, 1.807) is 4.40 Å². The van der Waals surface area contributed by atoms with Crippen LogP contribution in [-0.4, -0.2) is 43.8 Å². The molecule has 33 heavy (non-hydrogen) atoms. The van der Waals surface area contributed by atoms with Crippen molar-refractivity contribution in [3.8, 4) is 0 Å². The first-order chi connectivity index (χ1) is 15.6. The second-order valence-corrected chi connectivity index (χ2v) is 7.64. The van der Waals surface area contributed by atoms with Gasteiger partial charge in [0.05, 0.1) is 54.1 Å². The second-order valence-electron chi connectivity index (χ2n) is 7.64. The molecule has 170 valence electrons. The number of nitrogens with two attached hydrogens (primary N) is 1. The molecule has 0 saturated carbocycles. The highest BCUT2D eigenvalue weighted by atomic mass is 19.4. The van der Waals surface area contributed by atoms with Crippen LogP contribution in [0.25, 0.3) is 16.6 Å². The van der Waals surface area contributed by atoms with Crippen molar-refractivity contribution in [2.45, 2.75) is 18.8 Å². The molecule has 3 aromatic heterocycles. The van der Waals surface area contributed by atoms with Crippen LogP contribution < -0.4 is 5.73 Å². The minimum absolute atomic E-state index is 0.0291. The van der Waals surface area contributed by atoms with Crippen LogP contribution in [0.1, 0.15) is 33.4 Å². The normalized spacial score (nSPS) is 16.2. The van der Waals surface area contributed by atoms with Crippen LogP contribution in [0, 0.1) is 5.82 Å². The largest absolute Gasteiger partial charge is 0.433 e. The molecule has 1 aromatic carbocycles. The summed E-state index contributed by atoms with van der Waals surface area (Å²) in [4.78, 5) is 26.3. The number of aromatic nitrogens is 4. The van der Waals surface area contributed by atoms with Crippen molar-refractivity contribution >= 4 is 28.3 Å². The number of amides is 1. The Bertz CT molecular complexity index is 1420. The maximum atomic E-state index is 14.9. The quantitative estimate of drug-likeness (QED) is 0.461. The summed E-state index contributed by atoms with van der Waals surface area (Å²) < 4.78 is 61.0. The number of nitrogens with zero attached hydrogens (tertiary/aromatic N) is 5. The number of hydrogen-bond donors (Lipinski definition) is 1. The van der Waals surface area contributed by atoms with E-state index in [9.17, 15) is 22.4 Å². The number of rotatable bonds is 2. The monoisotopic (exact) mass is 460 g/mol. The number of likely N-dealkylation sites (N-methyl/N-ethyl adjacent to an activating group) is 1. The fraction of sp³-hybridized carbons (Fsp3) is 0.238. The van der Waals surface area contributed by atoms with Gasteiger partial charge in [0.2, 0.25) is 0 Å². The summed E-state index contributed by atoms with van der Waals surface area (Å²) in [6, 6.07) is 3.84. The number of halogens is 4. The van der Waals surface area contributed by atoms with Gasteiger partial charge in [-0.15, -0.1) is 0 Å². The van der Waals surface area contributed by atoms with Crippen LogP contribution in [0.4, 0.5) is 23.4 Å². The third-order valence-electron chi connectivity index (χ3n) is 5.66. The van der Waals surface area contributed by atoms with Crippen molar-refractivity contribution in [2.24, 2.45) is 0 Å². The Morgan fingerprint density at radius 2 is 2.03 bits per heavy atom. The number of anilines is 1. The summed E-state index contributed by atoms with van der Waals surface area (Å²) in [6.07, 6.45) is -1.63. The van der Waals surface area contributed by atoms with Crippen molar-refractivity contribution in [3.05, 3.63) is 65.1 Å². The van der Waals surface area contributed by atoms with Crippen molar-refractivity contribution in [3.63, 3.8) is 0 Å². The average molecular weight is 460 g/mol. The lowest BCUT2D eigenvalue weighted by Crippen LogP contribution is -2.37. The van der Waals surface area contributed by atoms with Gasteiger partial charge in [0.25, 0.3) is 5.91 Å². The van der Waals surface area contributed by atoms with Crippen molar-refractivity contribution < 1.29 is 27.1 Å². The number of carbonyl (C=O) groups is 1.